The third-order valence-electron chi connectivity index (χ3n) is 1.18. The SMILES string of the molecule is Cc1cc(Br)nc(N=CNO)c1. The number of aryl methyl sites for hydroxylation is 1. The van der Waals surface area contributed by atoms with Crippen molar-refractivity contribution in [1.82, 2.24) is 10.5 Å². The molecule has 5 heteroatoms. The summed E-state index contributed by atoms with van der Waals surface area (Å²) in [6, 6.07) is 3.68. The minimum atomic E-state index is 0.545. The number of hydrogen-bond donors (Lipinski definition) is 2. The molecule has 0 amide bonds. The fourth-order valence-corrected chi connectivity index (χ4v) is 1.31. The fraction of sp³-hybridized carbons (Fsp3) is 0.143. The average molecular weight is 230 g/mol. The van der Waals surface area contributed by atoms with Gasteiger partial charge in [0.1, 0.15) is 10.9 Å². The molecule has 1 aromatic rings. The summed E-state index contributed by atoms with van der Waals surface area (Å²) in [5, 5.41) is 8.23. The van der Waals surface area contributed by atoms with Crippen molar-refractivity contribution in [2.75, 3.05) is 0 Å². The topological polar surface area (TPSA) is 57.5 Å². The molecule has 0 aromatic carbocycles. The number of pyridine rings is 1. The molecule has 0 aliphatic rings. The van der Waals surface area contributed by atoms with E-state index in [0.717, 1.165) is 16.5 Å². The van der Waals surface area contributed by atoms with E-state index in [9.17, 15) is 0 Å². The van der Waals surface area contributed by atoms with Gasteiger partial charge < -0.3 is 0 Å². The second-order valence-corrected chi connectivity index (χ2v) is 3.03. The Morgan fingerprint density at radius 3 is 3.00 bits per heavy atom. The van der Waals surface area contributed by atoms with Gasteiger partial charge >= 0.3 is 0 Å². The Morgan fingerprint density at radius 1 is 1.67 bits per heavy atom. The van der Waals surface area contributed by atoms with Crippen LogP contribution in [0.15, 0.2) is 21.7 Å². The number of hydrogen-bond acceptors (Lipinski definition) is 3. The lowest BCUT2D eigenvalue weighted by atomic mass is 10.3. The number of aliphatic imine (C=N–C) groups is 1. The average Bonchev–Trinajstić information content (AvgIpc) is 1.99. The quantitative estimate of drug-likeness (QED) is 0.352. The maximum atomic E-state index is 8.23. The van der Waals surface area contributed by atoms with Gasteiger partial charge in [0, 0.05) is 0 Å². The van der Waals surface area contributed by atoms with E-state index in [1.165, 1.54) is 0 Å². The lowest BCUT2D eigenvalue weighted by Crippen LogP contribution is -2.01. The normalized spacial score (nSPS) is 10.6. The lowest BCUT2D eigenvalue weighted by Gasteiger charge is -1.96. The molecule has 64 valence electrons. The molecule has 1 heterocycles. The van der Waals surface area contributed by atoms with Crippen molar-refractivity contribution in [2.45, 2.75) is 6.92 Å². The maximum absolute atomic E-state index is 8.23. The highest BCUT2D eigenvalue weighted by Gasteiger charge is 1.94. The first-order valence-electron chi connectivity index (χ1n) is 3.28. The molecule has 0 radical (unpaired) electrons. The fourth-order valence-electron chi connectivity index (χ4n) is 0.768. The highest BCUT2D eigenvalue weighted by atomic mass is 79.9. The first-order valence-corrected chi connectivity index (χ1v) is 4.08. The standard InChI is InChI=1S/C7H8BrN3O/c1-5-2-6(8)11-7(3-5)9-4-10-12/h2-4,12H,1H3,(H,9,10,11). The van der Waals surface area contributed by atoms with Gasteiger partial charge in [-0.1, -0.05) is 0 Å². The van der Waals surface area contributed by atoms with Gasteiger partial charge in [-0.25, -0.2) is 9.98 Å². The van der Waals surface area contributed by atoms with Crippen molar-refractivity contribution < 1.29 is 5.21 Å². The van der Waals surface area contributed by atoms with Gasteiger partial charge in [-0.2, -0.15) is 0 Å². The van der Waals surface area contributed by atoms with Crippen molar-refractivity contribution in [2.24, 2.45) is 4.99 Å². The molecular formula is C7H8BrN3O. The van der Waals surface area contributed by atoms with E-state index in [-0.39, 0.29) is 0 Å². The number of hydroxylamine groups is 1. The van der Waals surface area contributed by atoms with Crippen LogP contribution in [0.5, 0.6) is 0 Å². The summed E-state index contributed by atoms with van der Waals surface area (Å²) in [6.45, 7) is 1.94. The van der Waals surface area contributed by atoms with Gasteiger partial charge in [0.15, 0.2) is 5.82 Å². The van der Waals surface area contributed by atoms with E-state index in [0.29, 0.717) is 5.82 Å². The summed E-state index contributed by atoms with van der Waals surface area (Å²) in [5.41, 5.74) is 2.87. The minimum absolute atomic E-state index is 0.545. The van der Waals surface area contributed by atoms with Crippen LogP contribution in [-0.2, 0) is 0 Å². The Bertz CT molecular complexity index is 280. The maximum Gasteiger partial charge on any atom is 0.155 e. The van der Waals surface area contributed by atoms with Crippen molar-refractivity contribution >= 4 is 28.1 Å². The second-order valence-electron chi connectivity index (χ2n) is 2.21. The van der Waals surface area contributed by atoms with Crippen LogP contribution < -0.4 is 5.48 Å². The van der Waals surface area contributed by atoms with Crippen LogP contribution in [0.4, 0.5) is 5.82 Å². The van der Waals surface area contributed by atoms with Crippen LogP contribution in [0.25, 0.3) is 0 Å². The van der Waals surface area contributed by atoms with Gasteiger partial charge in [-0.05, 0) is 40.5 Å². The predicted molar refractivity (Wildman–Crippen MR) is 49.7 cm³/mol. The second kappa shape index (κ2) is 4.18. The Labute approximate surface area is 78.4 Å². The van der Waals surface area contributed by atoms with Gasteiger partial charge in [0.25, 0.3) is 0 Å². The van der Waals surface area contributed by atoms with Gasteiger partial charge in [-0.3, -0.25) is 10.7 Å². The van der Waals surface area contributed by atoms with Crippen LogP contribution in [0.3, 0.4) is 0 Å². The monoisotopic (exact) mass is 229 g/mol. The van der Waals surface area contributed by atoms with Gasteiger partial charge in [0.05, 0.1) is 0 Å². The first kappa shape index (κ1) is 9.15. The molecule has 0 aliphatic carbocycles. The number of halogens is 1. The largest absolute Gasteiger partial charge is 0.290 e. The van der Waals surface area contributed by atoms with Crippen LogP contribution >= 0.6 is 15.9 Å². The highest BCUT2D eigenvalue weighted by Crippen LogP contribution is 2.15. The molecule has 0 saturated heterocycles. The molecule has 0 spiro atoms. The molecule has 4 nitrogen and oxygen atoms in total. The van der Waals surface area contributed by atoms with E-state index in [1.54, 1.807) is 6.07 Å². The molecule has 12 heavy (non-hydrogen) atoms. The molecule has 0 fully saturated rings. The zero-order valence-corrected chi connectivity index (χ0v) is 8.04. The van der Waals surface area contributed by atoms with E-state index in [2.05, 4.69) is 25.9 Å². The Balaban J connectivity index is 2.93. The van der Waals surface area contributed by atoms with E-state index in [4.69, 9.17) is 5.21 Å². The molecule has 1 rings (SSSR count). The van der Waals surface area contributed by atoms with Gasteiger partial charge in [0.2, 0.25) is 0 Å². The number of aromatic nitrogens is 1. The van der Waals surface area contributed by atoms with E-state index < -0.39 is 0 Å². The molecule has 1 aromatic heterocycles. The molecule has 0 saturated carbocycles. The Morgan fingerprint density at radius 2 is 2.42 bits per heavy atom. The summed E-state index contributed by atoms with van der Waals surface area (Å²) in [6.07, 6.45) is 1.16. The van der Waals surface area contributed by atoms with Gasteiger partial charge in [-0.15, -0.1) is 0 Å². The van der Waals surface area contributed by atoms with E-state index >= 15 is 0 Å². The van der Waals surface area contributed by atoms with Crippen LogP contribution in [0.2, 0.25) is 0 Å². The van der Waals surface area contributed by atoms with Crippen molar-refractivity contribution in [1.29, 1.82) is 0 Å². The predicted octanol–water partition coefficient (Wildman–Crippen LogP) is 1.79. The number of nitrogens with one attached hydrogen (secondary N) is 1. The molecule has 2 N–H and O–H groups in total. The third kappa shape index (κ3) is 2.60. The van der Waals surface area contributed by atoms with Crippen LogP contribution in [-0.4, -0.2) is 16.5 Å². The van der Waals surface area contributed by atoms with E-state index in [1.807, 2.05) is 18.5 Å². The van der Waals surface area contributed by atoms with Crippen molar-refractivity contribution in [3.8, 4) is 0 Å². The zero-order chi connectivity index (χ0) is 8.97. The molecule has 0 atom stereocenters. The summed E-state index contributed by atoms with van der Waals surface area (Å²) in [4.78, 5) is 7.86. The molecule has 0 bridgehead atoms. The Hall–Kier alpha value is -0.940. The third-order valence-corrected chi connectivity index (χ3v) is 1.59. The molecule has 0 aliphatic heterocycles. The Kier molecular flexibility index (Phi) is 3.19. The zero-order valence-electron chi connectivity index (χ0n) is 6.45. The smallest absolute Gasteiger partial charge is 0.155 e. The summed E-state index contributed by atoms with van der Waals surface area (Å²) in [5.74, 6) is 0.545. The first-order chi connectivity index (χ1) is 5.72. The number of nitrogens with zero attached hydrogens (tertiary/aromatic N) is 2. The molecule has 0 unspecified atom stereocenters. The van der Waals surface area contributed by atoms with Crippen LogP contribution in [0.1, 0.15) is 5.56 Å². The lowest BCUT2D eigenvalue weighted by molar-refractivity contribution is 0.240. The minimum Gasteiger partial charge on any atom is -0.290 e. The highest BCUT2D eigenvalue weighted by molar-refractivity contribution is 9.10. The van der Waals surface area contributed by atoms with Crippen LogP contribution in [0, 0.1) is 6.92 Å². The van der Waals surface area contributed by atoms with Crippen molar-refractivity contribution in [3.63, 3.8) is 0 Å². The van der Waals surface area contributed by atoms with Crippen molar-refractivity contribution in [3.05, 3.63) is 22.3 Å². The summed E-state index contributed by atoms with van der Waals surface area (Å²) < 4.78 is 0.729. The molecular weight excluding hydrogens is 222 g/mol. The number of rotatable bonds is 2. The summed E-state index contributed by atoms with van der Waals surface area (Å²) in [7, 11) is 0. The summed E-state index contributed by atoms with van der Waals surface area (Å²) >= 11 is 3.24.